The lowest BCUT2D eigenvalue weighted by atomic mass is 10.2. The highest BCUT2D eigenvalue weighted by atomic mass is 32.1. The Balaban J connectivity index is 1.41. The third-order valence-electron chi connectivity index (χ3n) is 4.39. The Kier molecular flexibility index (Phi) is 4.84. The maximum absolute atomic E-state index is 12.6. The first-order chi connectivity index (χ1) is 13.2. The summed E-state index contributed by atoms with van der Waals surface area (Å²) in [6, 6.07) is 13.8. The van der Waals surface area contributed by atoms with E-state index in [1.807, 2.05) is 54.8 Å². The van der Waals surface area contributed by atoms with Crippen LogP contribution in [0.4, 0.5) is 0 Å². The molecular formula is C20H19N5OS. The molecule has 0 spiro atoms. The summed E-state index contributed by atoms with van der Waals surface area (Å²) in [5.41, 5.74) is 4.32. The molecule has 1 amide bonds. The first kappa shape index (κ1) is 17.2. The topological polar surface area (TPSA) is 75.6 Å². The zero-order valence-electron chi connectivity index (χ0n) is 14.8. The molecule has 3 heterocycles. The Morgan fingerprint density at radius 1 is 1.22 bits per heavy atom. The molecule has 0 radical (unpaired) electrons. The smallest absolute Gasteiger partial charge is 0.254 e. The van der Waals surface area contributed by atoms with Gasteiger partial charge in [-0.05, 0) is 30.5 Å². The lowest BCUT2D eigenvalue weighted by Gasteiger charge is -2.07. The summed E-state index contributed by atoms with van der Waals surface area (Å²) in [5, 5.41) is 9.36. The van der Waals surface area contributed by atoms with Crippen molar-refractivity contribution in [3.8, 4) is 16.3 Å². The van der Waals surface area contributed by atoms with Gasteiger partial charge in [0.05, 0.1) is 34.3 Å². The number of aromatic nitrogens is 4. The lowest BCUT2D eigenvalue weighted by molar-refractivity contribution is 0.0953. The minimum absolute atomic E-state index is 0.119. The van der Waals surface area contributed by atoms with E-state index in [-0.39, 0.29) is 5.91 Å². The van der Waals surface area contributed by atoms with Gasteiger partial charge in [-0.3, -0.25) is 4.79 Å². The van der Waals surface area contributed by atoms with Gasteiger partial charge in [0.2, 0.25) is 0 Å². The number of rotatable bonds is 6. The molecule has 0 bridgehead atoms. The first-order valence-corrected chi connectivity index (χ1v) is 9.56. The summed E-state index contributed by atoms with van der Waals surface area (Å²) in [5.74, 6) is -0.119. The van der Waals surface area contributed by atoms with Crippen molar-refractivity contribution in [1.29, 1.82) is 0 Å². The molecule has 6 nitrogen and oxygen atoms in total. The van der Waals surface area contributed by atoms with Crippen LogP contribution >= 0.6 is 11.3 Å². The number of thiophene rings is 1. The van der Waals surface area contributed by atoms with Crippen LogP contribution in [0.1, 0.15) is 21.7 Å². The average molecular weight is 377 g/mol. The van der Waals surface area contributed by atoms with Gasteiger partial charge in [0.15, 0.2) is 0 Å². The second kappa shape index (κ2) is 7.59. The number of hydrogen-bond acceptors (Lipinski definition) is 4. The van der Waals surface area contributed by atoms with Crippen LogP contribution in [0, 0.1) is 6.92 Å². The standard InChI is InChI=1S/C20H19N5OS/c1-14-16(12-24-25(14)15-6-3-2-4-7-15)20(26)21-10-9-17-19(23-13-22-17)18-8-5-11-27-18/h2-8,11-13H,9-10H2,1H3,(H,21,26)(H,22,23). The highest BCUT2D eigenvalue weighted by Gasteiger charge is 2.15. The molecule has 0 saturated heterocycles. The molecule has 1 aromatic carbocycles. The van der Waals surface area contributed by atoms with Gasteiger partial charge in [-0.2, -0.15) is 5.10 Å². The van der Waals surface area contributed by atoms with E-state index in [1.165, 1.54) is 0 Å². The number of carbonyl (C=O) groups is 1. The summed E-state index contributed by atoms with van der Waals surface area (Å²) < 4.78 is 1.78. The molecule has 0 aliphatic heterocycles. The molecular weight excluding hydrogens is 358 g/mol. The Labute approximate surface area is 160 Å². The van der Waals surface area contributed by atoms with Crippen molar-refractivity contribution in [3.05, 3.63) is 77.3 Å². The van der Waals surface area contributed by atoms with Gasteiger partial charge in [-0.15, -0.1) is 11.3 Å². The molecule has 0 aliphatic rings. The summed E-state index contributed by atoms with van der Waals surface area (Å²) >= 11 is 1.65. The fourth-order valence-corrected chi connectivity index (χ4v) is 3.74. The van der Waals surface area contributed by atoms with E-state index in [0.717, 1.165) is 27.6 Å². The molecule has 0 unspecified atom stereocenters. The highest BCUT2D eigenvalue weighted by Crippen LogP contribution is 2.25. The molecule has 7 heteroatoms. The van der Waals surface area contributed by atoms with Gasteiger partial charge in [0, 0.05) is 18.7 Å². The van der Waals surface area contributed by atoms with E-state index in [9.17, 15) is 4.79 Å². The van der Waals surface area contributed by atoms with Crippen molar-refractivity contribution in [2.24, 2.45) is 0 Å². The van der Waals surface area contributed by atoms with E-state index in [1.54, 1.807) is 28.5 Å². The second-order valence-electron chi connectivity index (χ2n) is 6.10. The minimum Gasteiger partial charge on any atom is -0.352 e. The molecule has 4 aromatic rings. The van der Waals surface area contributed by atoms with E-state index in [0.29, 0.717) is 18.5 Å². The fourth-order valence-electron chi connectivity index (χ4n) is 3.00. The van der Waals surface area contributed by atoms with Crippen LogP contribution in [-0.2, 0) is 6.42 Å². The summed E-state index contributed by atoms with van der Waals surface area (Å²) in [6.45, 7) is 2.42. The maximum Gasteiger partial charge on any atom is 0.254 e. The first-order valence-electron chi connectivity index (χ1n) is 8.68. The summed E-state index contributed by atoms with van der Waals surface area (Å²) in [6.07, 6.45) is 4.00. The van der Waals surface area contributed by atoms with E-state index >= 15 is 0 Å². The Morgan fingerprint density at radius 2 is 2.07 bits per heavy atom. The Bertz CT molecular complexity index is 1030. The monoisotopic (exact) mass is 377 g/mol. The van der Waals surface area contributed by atoms with Gasteiger partial charge >= 0.3 is 0 Å². The van der Waals surface area contributed by atoms with Gasteiger partial charge in [0.1, 0.15) is 5.69 Å². The predicted octanol–water partition coefficient (Wildman–Crippen LogP) is 3.60. The van der Waals surface area contributed by atoms with Crippen LogP contribution in [0.2, 0.25) is 0 Å². The van der Waals surface area contributed by atoms with Crippen LogP contribution in [0.5, 0.6) is 0 Å². The van der Waals surface area contributed by atoms with Gasteiger partial charge in [0.25, 0.3) is 5.91 Å². The normalized spacial score (nSPS) is 10.9. The van der Waals surface area contributed by atoms with Crippen molar-refractivity contribution in [3.63, 3.8) is 0 Å². The van der Waals surface area contributed by atoms with Crippen LogP contribution in [0.15, 0.2) is 60.4 Å². The number of para-hydroxylation sites is 1. The second-order valence-corrected chi connectivity index (χ2v) is 7.05. The number of benzene rings is 1. The van der Waals surface area contributed by atoms with Crippen LogP contribution < -0.4 is 5.32 Å². The van der Waals surface area contributed by atoms with Gasteiger partial charge < -0.3 is 10.3 Å². The van der Waals surface area contributed by atoms with Crippen LogP contribution in [-0.4, -0.2) is 32.2 Å². The molecule has 2 N–H and O–H groups in total. The molecule has 27 heavy (non-hydrogen) atoms. The zero-order chi connectivity index (χ0) is 18.6. The van der Waals surface area contributed by atoms with Crippen molar-refractivity contribution in [2.45, 2.75) is 13.3 Å². The largest absolute Gasteiger partial charge is 0.352 e. The van der Waals surface area contributed by atoms with Crippen molar-refractivity contribution >= 4 is 17.2 Å². The van der Waals surface area contributed by atoms with E-state index < -0.39 is 0 Å². The zero-order valence-corrected chi connectivity index (χ0v) is 15.7. The Hall–Kier alpha value is -3.19. The maximum atomic E-state index is 12.6. The number of H-pyrrole nitrogens is 1. The molecule has 0 fully saturated rings. The van der Waals surface area contributed by atoms with Gasteiger partial charge in [-0.25, -0.2) is 9.67 Å². The summed E-state index contributed by atoms with van der Waals surface area (Å²) in [7, 11) is 0. The Morgan fingerprint density at radius 3 is 2.85 bits per heavy atom. The lowest BCUT2D eigenvalue weighted by Crippen LogP contribution is -2.26. The van der Waals surface area contributed by atoms with Crippen molar-refractivity contribution in [1.82, 2.24) is 25.1 Å². The summed E-state index contributed by atoms with van der Waals surface area (Å²) in [4.78, 5) is 21.3. The number of imidazole rings is 1. The van der Waals surface area contributed by atoms with Crippen LogP contribution in [0.25, 0.3) is 16.3 Å². The predicted molar refractivity (Wildman–Crippen MR) is 106 cm³/mol. The van der Waals surface area contributed by atoms with Crippen molar-refractivity contribution in [2.75, 3.05) is 6.54 Å². The third-order valence-corrected chi connectivity index (χ3v) is 5.27. The molecule has 3 aromatic heterocycles. The SMILES string of the molecule is Cc1c(C(=O)NCCc2[nH]cnc2-c2cccs2)cnn1-c1ccccc1. The number of nitrogens with zero attached hydrogens (tertiary/aromatic N) is 3. The number of hydrogen-bond donors (Lipinski definition) is 2. The van der Waals surface area contributed by atoms with E-state index in [4.69, 9.17) is 0 Å². The number of aromatic amines is 1. The molecule has 0 saturated carbocycles. The van der Waals surface area contributed by atoms with Crippen molar-refractivity contribution < 1.29 is 4.79 Å². The minimum atomic E-state index is -0.119. The molecule has 4 rings (SSSR count). The molecule has 0 atom stereocenters. The highest BCUT2D eigenvalue weighted by molar-refractivity contribution is 7.13. The molecule has 136 valence electrons. The van der Waals surface area contributed by atoms with Gasteiger partial charge in [-0.1, -0.05) is 24.3 Å². The van der Waals surface area contributed by atoms with E-state index in [2.05, 4.69) is 20.4 Å². The number of amides is 1. The number of nitrogens with one attached hydrogen (secondary N) is 2. The van der Waals surface area contributed by atoms with Crippen LogP contribution in [0.3, 0.4) is 0 Å². The molecule has 0 aliphatic carbocycles. The average Bonchev–Trinajstić information content (AvgIpc) is 3.43. The quantitative estimate of drug-likeness (QED) is 0.539. The third kappa shape index (κ3) is 3.54. The fraction of sp³-hybridized carbons (Fsp3) is 0.150. The number of carbonyl (C=O) groups excluding carboxylic acids is 1.